The van der Waals surface area contributed by atoms with Crippen LogP contribution in [0.15, 0.2) is 0 Å². The van der Waals surface area contributed by atoms with Gasteiger partial charge in [0, 0.05) is 19.1 Å². The van der Waals surface area contributed by atoms with Crippen molar-refractivity contribution < 1.29 is 9.90 Å². The van der Waals surface area contributed by atoms with E-state index in [2.05, 4.69) is 4.90 Å². The molecule has 17 heavy (non-hydrogen) atoms. The monoisotopic (exact) mass is 242 g/mol. The molecule has 1 aliphatic rings. The summed E-state index contributed by atoms with van der Waals surface area (Å²) in [5, 5.41) is 9.39. The van der Waals surface area contributed by atoms with E-state index < -0.39 is 0 Å². The summed E-state index contributed by atoms with van der Waals surface area (Å²) in [6.07, 6.45) is 4.54. The Labute approximate surface area is 105 Å². The Balaban J connectivity index is 2.54. The van der Waals surface area contributed by atoms with Crippen LogP contribution in [-0.4, -0.2) is 59.6 Å². The van der Waals surface area contributed by atoms with Crippen LogP contribution in [0.25, 0.3) is 0 Å². The summed E-state index contributed by atoms with van der Waals surface area (Å²) >= 11 is 0. The number of carbonyl (C=O) groups is 1. The van der Waals surface area contributed by atoms with Crippen molar-refractivity contribution in [3.63, 3.8) is 0 Å². The fourth-order valence-corrected chi connectivity index (χ4v) is 2.50. The Hall–Kier alpha value is -0.610. The van der Waals surface area contributed by atoms with Gasteiger partial charge in [-0.15, -0.1) is 0 Å². The van der Waals surface area contributed by atoms with Crippen molar-refractivity contribution in [3.05, 3.63) is 0 Å². The number of nitrogens with zero attached hydrogens (tertiary/aromatic N) is 2. The van der Waals surface area contributed by atoms with Crippen LogP contribution in [0.3, 0.4) is 0 Å². The molecule has 0 aromatic carbocycles. The van der Waals surface area contributed by atoms with Crippen molar-refractivity contribution in [2.75, 3.05) is 32.8 Å². The summed E-state index contributed by atoms with van der Waals surface area (Å²) in [4.78, 5) is 16.1. The van der Waals surface area contributed by atoms with E-state index in [0.29, 0.717) is 6.54 Å². The summed E-state index contributed by atoms with van der Waals surface area (Å²) in [7, 11) is 0. The van der Waals surface area contributed by atoms with E-state index in [1.165, 1.54) is 12.8 Å². The van der Waals surface area contributed by atoms with Gasteiger partial charge in [0.25, 0.3) is 0 Å². The molecule has 100 valence electrons. The lowest BCUT2D eigenvalue weighted by atomic mass is 10.1. The van der Waals surface area contributed by atoms with Gasteiger partial charge in [-0.2, -0.15) is 0 Å². The third-order valence-electron chi connectivity index (χ3n) is 3.66. The summed E-state index contributed by atoms with van der Waals surface area (Å²) in [5.41, 5.74) is 0. The Morgan fingerprint density at radius 1 is 1.29 bits per heavy atom. The third kappa shape index (κ3) is 4.28. The molecule has 0 aliphatic carbocycles. The molecule has 1 fully saturated rings. The van der Waals surface area contributed by atoms with E-state index in [4.69, 9.17) is 0 Å². The van der Waals surface area contributed by atoms with Crippen LogP contribution in [-0.2, 0) is 4.79 Å². The van der Waals surface area contributed by atoms with Crippen molar-refractivity contribution >= 4 is 5.91 Å². The highest BCUT2D eigenvalue weighted by molar-refractivity contribution is 5.78. The van der Waals surface area contributed by atoms with Gasteiger partial charge in [0.15, 0.2) is 0 Å². The third-order valence-corrected chi connectivity index (χ3v) is 3.66. The number of aliphatic hydroxyl groups excluding tert-OH is 1. The number of amides is 1. The van der Waals surface area contributed by atoms with Gasteiger partial charge in [-0.05, 0) is 33.2 Å². The number of aliphatic hydroxyl groups is 1. The molecule has 1 unspecified atom stereocenters. The Morgan fingerprint density at radius 3 is 2.59 bits per heavy atom. The van der Waals surface area contributed by atoms with E-state index in [9.17, 15) is 9.90 Å². The van der Waals surface area contributed by atoms with Crippen LogP contribution < -0.4 is 0 Å². The van der Waals surface area contributed by atoms with Gasteiger partial charge in [-0.1, -0.05) is 12.8 Å². The van der Waals surface area contributed by atoms with Crippen LogP contribution in [0, 0.1) is 0 Å². The predicted molar refractivity (Wildman–Crippen MR) is 68.8 cm³/mol. The maximum absolute atomic E-state index is 12.0. The zero-order valence-corrected chi connectivity index (χ0v) is 11.2. The Kier molecular flexibility index (Phi) is 6.52. The first-order chi connectivity index (χ1) is 8.22. The second kappa shape index (κ2) is 7.67. The van der Waals surface area contributed by atoms with E-state index in [-0.39, 0.29) is 18.6 Å². The molecular formula is C13H26N2O2. The molecule has 1 aliphatic heterocycles. The molecule has 1 rings (SSSR count). The van der Waals surface area contributed by atoms with Crippen LogP contribution in [0.2, 0.25) is 0 Å². The molecule has 1 heterocycles. The lowest BCUT2D eigenvalue weighted by molar-refractivity contribution is -0.132. The molecule has 0 bridgehead atoms. The lowest BCUT2D eigenvalue weighted by Gasteiger charge is -2.30. The van der Waals surface area contributed by atoms with Crippen molar-refractivity contribution in [2.24, 2.45) is 0 Å². The molecule has 1 N–H and O–H groups in total. The molecule has 1 saturated heterocycles. The quantitative estimate of drug-likeness (QED) is 0.785. The molecule has 1 amide bonds. The van der Waals surface area contributed by atoms with Crippen LogP contribution in [0.5, 0.6) is 0 Å². The minimum atomic E-state index is 0.172. The lowest BCUT2D eigenvalue weighted by Crippen LogP contribution is -2.45. The largest absolute Gasteiger partial charge is 0.395 e. The standard InChI is InChI=1S/C13H26N2O2/c1-3-14(4-2)13(17)10-15-9-7-5-6-8-12(15)11-16/h12,16H,3-11H2,1-2H3. The fourth-order valence-electron chi connectivity index (χ4n) is 2.50. The van der Waals surface area contributed by atoms with E-state index in [1.54, 1.807) is 0 Å². The SMILES string of the molecule is CCN(CC)C(=O)CN1CCCCCC1CO. The summed E-state index contributed by atoms with van der Waals surface area (Å²) in [5.74, 6) is 0.190. The van der Waals surface area contributed by atoms with Crippen molar-refractivity contribution in [1.82, 2.24) is 9.80 Å². The number of carbonyl (C=O) groups excluding carboxylic acids is 1. The molecule has 1 atom stereocenters. The predicted octanol–water partition coefficient (Wildman–Crippen LogP) is 1.09. The van der Waals surface area contributed by atoms with E-state index in [0.717, 1.165) is 32.5 Å². The van der Waals surface area contributed by atoms with Crippen molar-refractivity contribution in [1.29, 1.82) is 0 Å². The van der Waals surface area contributed by atoms with Crippen molar-refractivity contribution in [2.45, 2.75) is 45.6 Å². The van der Waals surface area contributed by atoms with Gasteiger partial charge in [-0.3, -0.25) is 9.69 Å². The number of hydrogen-bond donors (Lipinski definition) is 1. The molecule has 4 nitrogen and oxygen atoms in total. The highest BCUT2D eigenvalue weighted by Gasteiger charge is 2.23. The molecular weight excluding hydrogens is 216 g/mol. The molecule has 0 aromatic heterocycles. The van der Waals surface area contributed by atoms with E-state index in [1.807, 2.05) is 18.7 Å². The number of hydrogen-bond acceptors (Lipinski definition) is 3. The first-order valence-electron chi connectivity index (χ1n) is 6.85. The molecule has 4 heteroatoms. The number of likely N-dealkylation sites (N-methyl/N-ethyl adjacent to an activating group) is 1. The average molecular weight is 242 g/mol. The van der Waals surface area contributed by atoms with Gasteiger partial charge in [0.05, 0.1) is 13.2 Å². The fraction of sp³-hybridized carbons (Fsp3) is 0.923. The maximum atomic E-state index is 12.0. The minimum absolute atomic E-state index is 0.172. The maximum Gasteiger partial charge on any atom is 0.236 e. The van der Waals surface area contributed by atoms with Crippen LogP contribution in [0.1, 0.15) is 39.5 Å². The summed E-state index contributed by atoms with van der Waals surface area (Å²) < 4.78 is 0. The van der Waals surface area contributed by atoms with Gasteiger partial charge >= 0.3 is 0 Å². The van der Waals surface area contributed by atoms with Crippen LogP contribution in [0.4, 0.5) is 0 Å². The highest BCUT2D eigenvalue weighted by Crippen LogP contribution is 2.16. The first kappa shape index (κ1) is 14.5. The molecule has 0 spiro atoms. The minimum Gasteiger partial charge on any atom is -0.395 e. The normalized spacial score (nSPS) is 22.2. The topological polar surface area (TPSA) is 43.8 Å². The van der Waals surface area contributed by atoms with Crippen molar-refractivity contribution in [3.8, 4) is 0 Å². The van der Waals surface area contributed by atoms with Gasteiger partial charge in [0.1, 0.15) is 0 Å². The summed E-state index contributed by atoms with van der Waals surface area (Å²) in [6.45, 7) is 7.14. The first-order valence-corrected chi connectivity index (χ1v) is 6.85. The Morgan fingerprint density at radius 2 is 2.00 bits per heavy atom. The number of rotatable bonds is 5. The summed E-state index contributed by atoms with van der Waals surface area (Å²) in [6, 6.07) is 0.178. The Bertz CT molecular complexity index is 229. The van der Waals surface area contributed by atoms with Gasteiger partial charge < -0.3 is 10.0 Å². The smallest absolute Gasteiger partial charge is 0.236 e. The molecule has 0 radical (unpaired) electrons. The average Bonchev–Trinajstić information content (AvgIpc) is 2.55. The number of likely N-dealkylation sites (tertiary alicyclic amines) is 1. The zero-order valence-electron chi connectivity index (χ0n) is 11.2. The molecule has 0 aromatic rings. The second-order valence-electron chi connectivity index (χ2n) is 4.72. The van der Waals surface area contributed by atoms with E-state index >= 15 is 0 Å². The zero-order chi connectivity index (χ0) is 12.7. The van der Waals surface area contributed by atoms with Gasteiger partial charge in [-0.25, -0.2) is 0 Å². The highest BCUT2D eigenvalue weighted by atomic mass is 16.3. The molecule has 0 saturated carbocycles. The second-order valence-corrected chi connectivity index (χ2v) is 4.72. The van der Waals surface area contributed by atoms with Gasteiger partial charge in [0.2, 0.25) is 5.91 Å². The van der Waals surface area contributed by atoms with Crippen LogP contribution >= 0.6 is 0 Å².